The van der Waals surface area contributed by atoms with Crippen LogP contribution in [0.25, 0.3) is 75.5 Å². The minimum Gasteiger partial charge on any atom is -0.455 e. The van der Waals surface area contributed by atoms with E-state index in [4.69, 9.17) is 4.42 Å². The highest BCUT2D eigenvalue weighted by Crippen LogP contribution is 2.72. The molecule has 4 saturated carbocycles. The number of fused-ring (bicyclic) bond motifs is 11. The third kappa shape index (κ3) is 6.18. The van der Waals surface area contributed by atoms with Crippen molar-refractivity contribution >= 4 is 87.6 Å². The van der Waals surface area contributed by atoms with Crippen molar-refractivity contribution in [3.05, 3.63) is 242 Å². The van der Waals surface area contributed by atoms with Crippen LogP contribution in [0.15, 0.2) is 235 Å². The molecule has 0 saturated heterocycles. The Bertz CT molecular complexity index is 3840. The van der Waals surface area contributed by atoms with Crippen molar-refractivity contribution in [2.75, 3.05) is 9.80 Å². The third-order valence-corrected chi connectivity index (χ3v) is 19.0. The molecule has 4 bridgehead atoms. The normalized spacial score (nSPS) is 20.2. The van der Waals surface area contributed by atoms with Gasteiger partial charge in [-0.15, -0.1) is 11.3 Å². The summed E-state index contributed by atoms with van der Waals surface area (Å²) in [5.41, 5.74) is 19.3. The molecule has 5 aliphatic carbocycles. The van der Waals surface area contributed by atoms with Gasteiger partial charge in [-0.05, 0) is 162 Å². The van der Waals surface area contributed by atoms with Crippen LogP contribution in [0.3, 0.4) is 0 Å². The number of benzene rings is 10. The molecule has 354 valence electrons. The van der Waals surface area contributed by atoms with Crippen molar-refractivity contribution < 1.29 is 4.42 Å². The van der Waals surface area contributed by atoms with Crippen molar-refractivity contribution in [2.24, 2.45) is 23.7 Å². The number of para-hydroxylation sites is 3. The van der Waals surface area contributed by atoms with Crippen molar-refractivity contribution in [1.82, 2.24) is 0 Å². The van der Waals surface area contributed by atoms with E-state index in [1.54, 1.807) is 0 Å². The molecular weight excluding hydrogens is 917 g/mol. The second-order valence-corrected chi connectivity index (χ2v) is 22.6. The van der Waals surface area contributed by atoms with Gasteiger partial charge in [0.1, 0.15) is 11.2 Å². The summed E-state index contributed by atoms with van der Waals surface area (Å²) in [5, 5.41) is 4.93. The summed E-state index contributed by atoms with van der Waals surface area (Å²) < 4.78 is 10.2. The maximum absolute atomic E-state index is 7.53. The number of rotatable bonds is 8. The Morgan fingerprint density at radius 2 is 0.824 bits per heavy atom. The average molecular weight is 969 g/mol. The molecule has 0 aliphatic heterocycles. The van der Waals surface area contributed by atoms with E-state index >= 15 is 0 Å². The first-order valence-corrected chi connectivity index (χ1v) is 27.5. The predicted octanol–water partition coefficient (Wildman–Crippen LogP) is 20.0. The van der Waals surface area contributed by atoms with Crippen LogP contribution in [0.4, 0.5) is 34.1 Å². The Hall–Kier alpha value is -8.18. The topological polar surface area (TPSA) is 19.6 Å². The number of nitrogens with zero attached hydrogens (tertiary/aromatic N) is 2. The SMILES string of the molecule is c1ccc(-c2ccc(N(c3ccccc3)c3cc4c(c5oc6ccccc6c35)-c3c(cc(N(c5ccccc5)c5ccc(-c6ccccc6)cc5)c5c3sc3ccccc35)C43C4CC5CC(C4)CC3C5)cc2)cc1. The molecule has 10 aromatic carbocycles. The van der Waals surface area contributed by atoms with Crippen LogP contribution in [0.5, 0.6) is 0 Å². The fourth-order valence-electron chi connectivity index (χ4n) is 15.1. The van der Waals surface area contributed by atoms with Crippen LogP contribution >= 0.6 is 11.3 Å². The zero-order chi connectivity index (χ0) is 48.5. The first-order valence-electron chi connectivity index (χ1n) is 26.7. The molecule has 74 heavy (non-hydrogen) atoms. The Morgan fingerprint density at radius 1 is 0.392 bits per heavy atom. The lowest BCUT2D eigenvalue weighted by Crippen LogP contribution is -2.55. The van der Waals surface area contributed by atoms with Gasteiger partial charge in [0, 0.05) is 64.8 Å². The largest absolute Gasteiger partial charge is 0.455 e. The molecule has 17 rings (SSSR count). The summed E-state index contributed by atoms with van der Waals surface area (Å²) in [6, 6.07) is 85.5. The molecule has 1 spiro atoms. The van der Waals surface area contributed by atoms with Crippen molar-refractivity contribution in [3.8, 4) is 33.4 Å². The maximum Gasteiger partial charge on any atom is 0.145 e. The van der Waals surface area contributed by atoms with E-state index in [9.17, 15) is 0 Å². The summed E-state index contributed by atoms with van der Waals surface area (Å²) >= 11 is 1.98. The quantitative estimate of drug-likeness (QED) is 0.151. The lowest BCUT2D eigenvalue weighted by atomic mass is 9.43. The first-order chi connectivity index (χ1) is 36.7. The van der Waals surface area contributed by atoms with Gasteiger partial charge in [0.2, 0.25) is 0 Å². The van der Waals surface area contributed by atoms with Crippen molar-refractivity contribution in [1.29, 1.82) is 0 Å². The molecule has 4 heteroatoms. The van der Waals surface area contributed by atoms with E-state index in [2.05, 4.69) is 240 Å². The highest BCUT2D eigenvalue weighted by atomic mass is 32.1. The van der Waals surface area contributed by atoms with Gasteiger partial charge in [-0.2, -0.15) is 0 Å². The second kappa shape index (κ2) is 16.4. The molecule has 0 amide bonds. The summed E-state index contributed by atoms with van der Waals surface area (Å²) in [7, 11) is 0. The summed E-state index contributed by atoms with van der Waals surface area (Å²) in [6.07, 6.45) is 6.47. The van der Waals surface area contributed by atoms with E-state index in [-0.39, 0.29) is 5.41 Å². The number of hydrogen-bond acceptors (Lipinski definition) is 4. The van der Waals surface area contributed by atoms with Gasteiger partial charge in [0.15, 0.2) is 0 Å². The van der Waals surface area contributed by atoms with Crippen LogP contribution in [0, 0.1) is 23.7 Å². The molecule has 2 heterocycles. The van der Waals surface area contributed by atoms with Crippen LogP contribution in [-0.2, 0) is 5.41 Å². The Kier molecular flexibility index (Phi) is 9.39. The third-order valence-electron chi connectivity index (χ3n) is 17.8. The predicted molar refractivity (Wildman–Crippen MR) is 310 cm³/mol. The molecule has 12 aromatic rings. The van der Waals surface area contributed by atoms with E-state index < -0.39 is 0 Å². The van der Waals surface area contributed by atoms with Crippen LogP contribution in [-0.4, -0.2) is 0 Å². The monoisotopic (exact) mass is 968 g/mol. The molecule has 5 aliphatic rings. The van der Waals surface area contributed by atoms with Gasteiger partial charge in [0.25, 0.3) is 0 Å². The zero-order valence-corrected chi connectivity index (χ0v) is 41.8. The molecular formula is C70H52N2OS. The standard InChI is InChI=1S/C70H52N2OS/c1-5-17-46(18-6-1)48-29-33-54(34-30-48)71(52-21-9-3-10-22-52)60-42-58-66(68-64(60)56-25-13-15-27-62(56)73-68)67-59(70(58)50-38-44-37-45(40-50)41-51(70)39-44)43-61(65-57-26-14-16-28-63(57)74-69(65)67)72(53-23-11-4-12-24-53)55-35-31-49(32-36-55)47-19-7-2-8-20-47/h1-36,42-45,50-51H,37-41H2. The molecule has 0 unspecified atom stereocenters. The average Bonchev–Trinajstić information content (AvgIpc) is 4.13. The minimum atomic E-state index is -0.210. The molecule has 3 nitrogen and oxygen atoms in total. The van der Waals surface area contributed by atoms with E-state index in [0.29, 0.717) is 11.8 Å². The molecule has 0 N–H and O–H groups in total. The Morgan fingerprint density at radius 3 is 1.38 bits per heavy atom. The lowest BCUT2D eigenvalue weighted by molar-refractivity contribution is -0.0398. The highest BCUT2D eigenvalue weighted by molar-refractivity contribution is 7.26. The van der Waals surface area contributed by atoms with E-state index in [1.807, 2.05) is 11.3 Å². The van der Waals surface area contributed by atoms with Gasteiger partial charge in [0.05, 0.1) is 16.8 Å². The van der Waals surface area contributed by atoms with E-state index in [1.165, 1.54) is 114 Å². The summed E-state index contributed by atoms with van der Waals surface area (Å²) in [5.74, 6) is 2.59. The molecule has 0 radical (unpaired) electrons. The van der Waals surface area contributed by atoms with E-state index in [0.717, 1.165) is 51.1 Å². The van der Waals surface area contributed by atoms with Gasteiger partial charge >= 0.3 is 0 Å². The van der Waals surface area contributed by atoms with Crippen LogP contribution in [0.2, 0.25) is 0 Å². The van der Waals surface area contributed by atoms with Gasteiger partial charge in [-0.3, -0.25) is 0 Å². The smallest absolute Gasteiger partial charge is 0.145 e. The first kappa shape index (κ1) is 42.3. The van der Waals surface area contributed by atoms with Gasteiger partial charge in [-0.1, -0.05) is 158 Å². The number of thiophene rings is 1. The summed E-state index contributed by atoms with van der Waals surface area (Å²) in [4.78, 5) is 5.10. The maximum atomic E-state index is 7.53. The minimum absolute atomic E-state index is 0.210. The molecule has 4 fully saturated rings. The number of anilines is 6. The number of hydrogen-bond donors (Lipinski definition) is 0. The summed E-state index contributed by atoms with van der Waals surface area (Å²) in [6.45, 7) is 0. The van der Waals surface area contributed by atoms with Gasteiger partial charge in [-0.25, -0.2) is 0 Å². The number of furan rings is 1. The molecule has 0 atom stereocenters. The van der Waals surface area contributed by atoms with Crippen LogP contribution < -0.4 is 9.80 Å². The highest BCUT2D eigenvalue weighted by Gasteiger charge is 2.63. The van der Waals surface area contributed by atoms with Crippen molar-refractivity contribution in [2.45, 2.75) is 37.5 Å². The van der Waals surface area contributed by atoms with Crippen LogP contribution in [0.1, 0.15) is 43.2 Å². The zero-order valence-electron chi connectivity index (χ0n) is 41.0. The lowest BCUT2D eigenvalue weighted by Gasteiger charge is -2.61. The second-order valence-electron chi connectivity index (χ2n) is 21.6. The van der Waals surface area contributed by atoms with Gasteiger partial charge < -0.3 is 14.2 Å². The Balaban J connectivity index is 1.02. The Labute approximate surface area is 435 Å². The molecule has 2 aromatic heterocycles. The fraction of sp³-hybridized carbons (Fsp3) is 0.143. The fourth-order valence-corrected chi connectivity index (χ4v) is 16.4. The van der Waals surface area contributed by atoms with Crippen molar-refractivity contribution in [3.63, 3.8) is 0 Å².